The predicted octanol–water partition coefficient (Wildman–Crippen LogP) is 3.53. The highest BCUT2D eigenvalue weighted by Crippen LogP contribution is 2.22. The largest absolute Gasteiger partial charge is 0.343 e. The minimum atomic E-state index is -0.00184. The Labute approximate surface area is 139 Å². The third kappa shape index (κ3) is 4.81. The Hall–Kier alpha value is -1.84. The van der Waals surface area contributed by atoms with Crippen LogP contribution >= 0.6 is 0 Å². The number of nitrogens with one attached hydrogen (secondary N) is 1. The van der Waals surface area contributed by atoms with Crippen LogP contribution in [0, 0.1) is 25.7 Å². The molecule has 126 valence electrons. The third-order valence-corrected chi connectivity index (χ3v) is 4.45. The van der Waals surface area contributed by atoms with Gasteiger partial charge in [-0.25, -0.2) is 0 Å². The van der Waals surface area contributed by atoms with Crippen LogP contribution in [0.3, 0.4) is 0 Å². The minimum Gasteiger partial charge on any atom is -0.343 e. The molecule has 1 aliphatic heterocycles. The Morgan fingerprint density at radius 1 is 1.22 bits per heavy atom. The standard InChI is InChI=1S/C19H28N2O2/c1-13(2)11-18(22)21-9-7-16(8-10-21)19(23)20-17-12-14(3)5-6-15(17)4/h5-6,12-13,16H,7-11H2,1-4H3,(H,20,23). The van der Waals surface area contributed by atoms with Gasteiger partial charge < -0.3 is 10.2 Å². The summed E-state index contributed by atoms with van der Waals surface area (Å²) in [6, 6.07) is 6.08. The maximum atomic E-state index is 12.5. The van der Waals surface area contributed by atoms with Crippen molar-refractivity contribution in [2.75, 3.05) is 18.4 Å². The Morgan fingerprint density at radius 2 is 1.87 bits per heavy atom. The number of likely N-dealkylation sites (tertiary alicyclic amines) is 1. The van der Waals surface area contributed by atoms with E-state index in [2.05, 4.69) is 19.2 Å². The summed E-state index contributed by atoms with van der Waals surface area (Å²) < 4.78 is 0. The number of carbonyl (C=O) groups is 2. The molecule has 1 aromatic rings. The highest BCUT2D eigenvalue weighted by atomic mass is 16.2. The van der Waals surface area contributed by atoms with Crippen LogP contribution in [0.2, 0.25) is 0 Å². The number of hydrogen-bond donors (Lipinski definition) is 1. The summed E-state index contributed by atoms with van der Waals surface area (Å²) in [6.45, 7) is 9.52. The first kappa shape index (κ1) is 17.5. The van der Waals surface area contributed by atoms with Crippen molar-refractivity contribution >= 4 is 17.5 Å². The van der Waals surface area contributed by atoms with E-state index in [9.17, 15) is 9.59 Å². The average molecular weight is 316 g/mol. The van der Waals surface area contributed by atoms with Crippen molar-refractivity contribution < 1.29 is 9.59 Å². The van der Waals surface area contributed by atoms with Crippen molar-refractivity contribution in [3.63, 3.8) is 0 Å². The van der Waals surface area contributed by atoms with Crippen molar-refractivity contribution in [1.29, 1.82) is 0 Å². The molecule has 0 radical (unpaired) electrons. The van der Waals surface area contributed by atoms with Crippen molar-refractivity contribution in [3.05, 3.63) is 29.3 Å². The molecule has 4 nitrogen and oxygen atoms in total. The Balaban J connectivity index is 1.88. The van der Waals surface area contributed by atoms with Gasteiger partial charge in [-0.15, -0.1) is 0 Å². The van der Waals surface area contributed by atoms with Crippen LogP contribution in [0.1, 0.15) is 44.2 Å². The molecule has 0 atom stereocenters. The summed E-state index contributed by atoms with van der Waals surface area (Å²) in [4.78, 5) is 26.5. The third-order valence-electron chi connectivity index (χ3n) is 4.45. The molecule has 1 fully saturated rings. The lowest BCUT2D eigenvalue weighted by Crippen LogP contribution is -2.41. The predicted molar refractivity (Wildman–Crippen MR) is 93.3 cm³/mol. The molecule has 1 N–H and O–H groups in total. The maximum Gasteiger partial charge on any atom is 0.227 e. The molecule has 23 heavy (non-hydrogen) atoms. The molecule has 0 saturated carbocycles. The zero-order chi connectivity index (χ0) is 17.0. The summed E-state index contributed by atoms with van der Waals surface area (Å²) in [5.74, 6) is 0.675. The normalized spacial score (nSPS) is 15.8. The topological polar surface area (TPSA) is 49.4 Å². The first-order valence-electron chi connectivity index (χ1n) is 8.52. The SMILES string of the molecule is Cc1ccc(C)c(NC(=O)C2CCN(C(=O)CC(C)C)CC2)c1. The molecule has 4 heteroatoms. The quantitative estimate of drug-likeness (QED) is 0.924. The monoisotopic (exact) mass is 316 g/mol. The van der Waals surface area contributed by atoms with Crippen LogP contribution in [-0.2, 0) is 9.59 Å². The number of piperidine rings is 1. The summed E-state index contributed by atoms with van der Waals surface area (Å²) in [5, 5.41) is 3.05. The van der Waals surface area contributed by atoms with Crippen LogP contribution < -0.4 is 5.32 Å². The summed E-state index contributed by atoms with van der Waals surface area (Å²) in [6.07, 6.45) is 2.10. The Kier molecular flexibility index (Phi) is 5.80. The molecular weight excluding hydrogens is 288 g/mol. The number of rotatable bonds is 4. The van der Waals surface area contributed by atoms with Crippen LogP contribution in [0.15, 0.2) is 18.2 Å². The van der Waals surface area contributed by atoms with Crippen molar-refractivity contribution in [1.82, 2.24) is 4.90 Å². The highest BCUT2D eigenvalue weighted by molar-refractivity contribution is 5.93. The first-order valence-corrected chi connectivity index (χ1v) is 8.52. The van der Waals surface area contributed by atoms with E-state index < -0.39 is 0 Å². The molecule has 1 saturated heterocycles. The molecule has 1 heterocycles. The van der Waals surface area contributed by atoms with Crippen molar-refractivity contribution in [3.8, 4) is 0 Å². The van der Waals surface area contributed by atoms with Gasteiger partial charge in [0.2, 0.25) is 11.8 Å². The zero-order valence-corrected chi connectivity index (χ0v) is 14.7. The van der Waals surface area contributed by atoms with E-state index in [-0.39, 0.29) is 17.7 Å². The van der Waals surface area contributed by atoms with Crippen LogP contribution in [0.25, 0.3) is 0 Å². The molecule has 2 amide bonds. The van der Waals surface area contributed by atoms with Gasteiger partial charge in [0.25, 0.3) is 0 Å². The fraction of sp³-hybridized carbons (Fsp3) is 0.579. The smallest absolute Gasteiger partial charge is 0.227 e. The number of anilines is 1. The van der Waals surface area contributed by atoms with E-state index in [1.807, 2.05) is 36.9 Å². The fourth-order valence-electron chi connectivity index (χ4n) is 2.97. The van der Waals surface area contributed by atoms with E-state index in [4.69, 9.17) is 0 Å². The number of aryl methyl sites for hydroxylation is 2. The molecule has 1 aliphatic rings. The second kappa shape index (κ2) is 7.62. The number of carbonyl (C=O) groups excluding carboxylic acids is 2. The lowest BCUT2D eigenvalue weighted by Gasteiger charge is -2.32. The van der Waals surface area contributed by atoms with Gasteiger partial charge in [0.1, 0.15) is 0 Å². The molecule has 0 bridgehead atoms. The van der Waals surface area contributed by atoms with E-state index in [1.54, 1.807) is 0 Å². The second-order valence-electron chi connectivity index (χ2n) is 7.06. The lowest BCUT2D eigenvalue weighted by atomic mass is 9.95. The number of nitrogens with zero attached hydrogens (tertiary/aromatic N) is 1. The van der Waals surface area contributed by atoms with E-state index in [0.29, 0.717) is 25.4 Å². The molecular formula is C19H28N2O2. The van der Waals surface area contributed by atoms with Crippen LogP contribution in [-0.4, -0.2) is 29.8 Å². The molecule has 1 aromatic carbocycles. The maximum absolute atomic E-state index is 12.5. The van der Waals surface area contributed by atoms with E-state index in [0.717, 1.165) is 29.7 Å². The van der Waals surface area contributed by atoms with Gasteiger partial charge in [-0.3, -0.25) is 9.59 Å². The minimum absolute atomic E-state index is 0.00184. The average Bonchev–Trinajstić information content (AvgIpc) is 2.50. The van der Waals surface area contributed by atoms with E-state index in [1.165, 1.54) is 0 Å². The summed E-state index contributed by atoms with van der Waals surface area (Å²) >= 11 is 0. The molecule has 0 unspecified atom stereocenters. The summed E-state index contributed by atoms with van der Waals surface area (Å²) in [7, 11) is 0. The second-order valence-corrected chi connectivity index (χ2v) is 7.06. The summed E-state index contributed by atoms with van der Waals surface area (Å²) in [5.41, 5.74) is 3.11. The number of hydrogen-bond acceptors (Lipinski definition) is 2. The Morgan fingerprint density at radius 3 is 2.48 bits per heavy atom. The van der Waals surface area contributed by atoms with Gasteiger partial charge in [0, 0.05) is 31.1 Å². The lowest BCUT2D eigenvalue weighted by molar-refractivity contribution is -0.135. The first-order chi connectivity index (χ1) is 10.9. The fourth-order valence-corrected chi connectivity index (χ4v) is 2.97. The van der Waals surface area contributed by atoms with Gasteiger partial charge in [-0.05, 0) is 49.8 Å². The van der Waals surface area contributed by atoms with Gasteiger partial charge in [-0.1, -0.05) is 26.0 Å². The highest BCUT2D eigenvalue weighted by Gasteiger charge is 2.27. The van der Waals surface area contributed by atoms with E-state index >= 15 is 0 Å². The van der Waals surface area contributed by atoms with Gasteiger partial charge in [-0.2, -0.15) is 0 Å². The molecule has 0 aromatic heterocycles. The molecule has 2 rings (SSSR count). The number of benzene rings is 1. The van der Waals surface area contributed by atoms with Crippen LogP contribution in [0.4, 0.5) is 5.69 Å². The van der Waals surface area contributed by atoms with Gasteiger partial charge in [0.05, 0.1) is 0 Å². The van der Waals surface area contributed by atoms with Crippen molar-refractivity contribution in [2.24, 2.45) is 11.8 Å². The number of amides is 2. The van der Waals surface area contributed by atoms with Crippen LogP contribution in [0.5, 0.6) is 0 Å². The zero-order valence-electron chi connectivity index (χ0n) is 14.7. The molecule has 0 spiro atoms. The van der Waals surface area contributed by atoms with Gasteiger partial charge in [0.15, 0.2) is 0 Å². The van der Waals surface area contributed by atoms with Gasteiger partial charge >= 0.3 is 0 Å². The Bertz CT molecular complexity index is 573. The van der Waals surface area contributed by atoms with Crippen molar-refractivity contribution in [2.45, 2.75) is 47.0 Å². The molecule has 0 aliphatic carbocycles.